The lowest BCUT2D eigenvalue weighted by molar-refractivity contribution is -0.122. The molecule has 3 rings (SSSR count). The van der Waals surface area contributed by atoms with Crippen LogP contribution in [0.4, 0.5) is 5.69 Å². The van der Waals surface area contributed by atoms with Gasteiger partial charge in [0.2, 0.25) is 5.91 Å². The number of hydrogen-bond acceptors (Lipinski definition) is 4. The highest BCUT2D eigenvalue weighted by molar-refractivity contribution is 6.02. The molecular weight excluding hydrogens is 332 g/mol. The Bertz CT molecular complexity index is 716. The van der Waals surface area contributed by atoms with Gasteiger partial charge in [0.05, 0.1) is 5.69 Å². The molecule has 2 aliphatic rings. The largest absolute Gasteiger partial charge is 0.482 e. The number of hydrogen-bond donors (Lipinski definition) is 1. The van der Waals surface area contributed by atoms with Crippen LogP contribution in [0.5, 0.6) is 5.75 Å². The molecule has 2 unspecified atom stereocenters. The minimum atomic E-state index is -0.150. The van der Waals surface area contributed by atoms with Gasteiger partial charge in [-0.15, -0.1) is 0 Å². The van der Waals surface area contributed by atoms with Gasteiger partial charge in [0.15, 0.2) is 12.4 Å². The quantitative estimate of drug-likeness (QED) is 0.821. The van der Waals surface area contributed by atoms with Crippen molar-refractivity contribution in [1.82, 2.24) is 5.32 Å². The van der Waals surface area contributed by atoms with E-state index in [1.807, 2.05) is 0 Å². The second-order valence-corrected chi connectivity index (χ2v) is 7.28. The fourth-order valence-electron chi connectivity index (χ4n) is 3.63. The summed E-state index contributed by atoms with van der Waals surface area (Å²) in [6.07, 6.45) is 4.89. The summed E-state index contributed by atoms with van der Waals surface area (Å²) in [5, 5.41) is 3.07. The Labute approximate surface area is 153 Å². The van der Waals surface area contributed by atoms with Crippen LogP contribution >= 0.6 is 0 Å². The number of amides is 2. The number of nitrogens with one attached hydrogen (secondary N) is 1. The maximum atomic E-state index is 12.5. The number of anilines is 1. The van der Waals surface area contributed by atoms with Crippen molar-refractivity contribution in [2.75, 3.05) is 18.6 Å². The van der Waals surface area contributed by atoms with Crippen molar-refractivity contribution in [3.8, 4) is 5.75 Å². The first-order chi connectivity index (χ1) is 12.5. The first-order valence-electron chi connectivity index (χ1n) is 9.31. The molecule has 0 radical (unpaired) electrons. The Morgan fingerprint density at radius 3 is 2.77 bits per heavy atom. The molecule has 1 N–H and O–H groups in total. The first-order valence-corrected chi connectivity index (χ1v) is 9.31. The number of ether oxygens (including phenoxy) is 1. The third-order valence-corrected chi connectivity index (χ3v) is 5.40. The van der Waals surface area contributed by atoms with Gasteiger partial charge < -0.3 is 15.0 Å². The van der Waals surface area contributed by atoms with Crippen LogP contribution in [0.2, 0.25) is 0 Å². The number of Topliss-reactive ketones (excluding diaryl/α,β-unsaturated/α-hetero) is 1. The molecule has 1 aromatic rings. The fraction of sp³-hybridized carbons (Fsp3) is 0.550. The molecule has 1 fully saturated rings. The van der Waals surface area contributed by atoms with Gasteiger partial charge in [-0.2, -0.15) is 0 Å². The van der Waals surface area contributed by atoms with Gasteiger partial charge in [-0.3, -0.25) is 14.4 Å². The minimum absolute atomic E-state index is 0.0105. The Morgan fingerprint density at radius 1 is 1.23 bits per heavy atom. The van der Waals surface area contributed by atoms with Crippen molar-refractivity contribution in [2.24, 2.45) is 5.92 Å². The third-order valence-electron chi connectivity index (χ3n) is 5.40. The molecule has 1 heterocycles. The smallest absolute Gasteiger partial charge is 0.264 e. The molecule has 1 aliphatic carbocycles. The van der Waals surface area contributed by atoms with E-state index in [0.29, 0.717) is 22.9 Å². The predicted octanol–water partition coefficient (Wildman–Crippen LogP) is 2.70. The number of carbonyl (C=O) groups excluding carboxylic acids is 3. The van der Waals surface area contributed by atoms with E-state index in [0.717, 1.165) is 19.3 Å². The molecule has 0 aromatic heterocycles. The molecule has 1 aromatic carbocycles. The lowest BCUT2D eigenvalue weighted by Gasteiger charge is -2.29. The van der Waals surface area contributed by atoms with Gasteiger partial charge in [-0.05, 0) is 37.0 Å². The molecule has 140 valence electrons. The summed E-state index contributed by atoms with van der Waals surface area (Å²) in [4.78, 5) is 37.9. The van der Waals surface area contributed by atoms with E-state index in [1.165, 1.54) is 11.3 Å². The molecule has 2 atom stereocenters. The summed E-state index contributed by atoms with van der Waals surface area (Å²) < 4.78 is 5.37. The van der Waals surface area contributed by atoms with Gasteiger partial charge in [0, 0.05) is 31.5 Å². The number of nitrogens with zero attached hydrogens (tertiary/aromatic N) is 1. The number of ketones is 1. The van der Waals surface area contributed by atoms with Gasteiger partial charge in [0.1, 0.15) is 5.75 Å². The van der Waals surface area contributed by atoms with E-state index in [2.05, 4.69) is 12.2 Å². The fourth-order valence-corrected chi connectivity index (χ4v) is 3.63. The number of rotatable bonds is 5. The summed E-state index contributed by atoms with van der Waals surface area (Å²) in [5.74, 6) is 0.768. The Hall–Kier alpha value is -2.37. The maximum absolute atomic E-state index is 12.5. The van der Waals surface area contributed by atoms with Crippen molar-refractivity contribution in [3.63, 3.8) is 0 Å². The van der Waals surface area contributed by atoms with E-state index >= 15 is 0 Å². The molecule has 6 nitrogen and oxygen atoms in total. The molecule has 0 saturated heterocycles. The van der Waals surface area contributed by atoms with Crippen LogP contribution in [0.15, 0.2) is 18.2 Å². The van der Waals surface area contributed by atoms with Crippen LogP contribution in [0.3, 0.4) is 0 Å². The van der Waals surface area contributed by atoms with E-state index < -0.39 is 0 Å². The summed E-state index contributed by atoms with van der Waals surface area (Å²) in [7, 11) is 1.66. The number of fused-ring (bicyclic) bond motifs is 1. The highest BCUT2D eigenvalue weighted by Gasteiger charge is 2.25. The van der Waals surface area contributed by atoms with Crippen molar-refractivity contribution in [3.05, 3.63) is 23.8 Å². The molecule has 2 amide bonds. The molecular formula is C20H26N2O4. The molecule has 6 heteroatoms. The van der Waals surface area contributed by atoms with Gasteiger partial charge >= 0.3 is 0 Å². The van der Waals surface area contributed by atoms with Crippen LogP contribution in [0, 0.1) is 5.92 Å². The minimum Gasteiger partial charge on any atom is -0.482 e. The molecule has 1 saturated carbocycles. The highest BCUT2D eigenvalue weighted by atomic mass is 16.5. The normalized spacial score (nSPS) is 22.4. The molecule has 0 spiro atoms. The highest BCUT2D eigenvalue weighted by Crippen LogP contribution is 2.32. The zero-order chi connectivity index (χ0) is 18.7. The van der Waals surface area contributed by atoms with Crippen molar-refractivity contribution >= 4 is 23.3 Å². The zero-order valence-corrected chi connectivity index (χ0v) is 15.4. The van der Waals surface area contributed by atoms with Crippen LogP contribution in [-0.4, -0.2) is 37.3 Å². The van der Waals surface area contributed by atoms with Crippen LogP contribution in [0.25, 0.3) is 0 Å². The number of benzene rings is 1. The van der Waals surface area contributed by atoms with E-state index in [4.69, 9.17) is 4.74 Å². The standard InChI is InChI=1S/C20H26N2O4/c1-13-5-3-4-6-15(13)21-19(24)10-8-17(23)14-7-9-18-16(11-14)22(2)20(25)12-26-18/h7,9,11,13,15H,3-6,8,10,12H2,1-2H3,(H,21,24). The summed E-state index contributed by atoms with van der Waals surface area (Å²) in [5.41, 5.74) is 1.08. The predicted molar refractivity (Wildman–Crippen MR) is 98.5 cm³/mol. The summed E-state index contributed by atoms with van der Waals surface area (Å²) >= 11 is 0. The summed E-state index contributed by atoms with van der Waals surface area (Å²) in [6.45, 7) is 2.18. The van der Waals surface area contributed by atoms with Crippen LogP contribution < -0.4 is 15.0 Å². The second kappa shape index (κ2) is 7.89. The average molecular weight is 358 g/mol. The maximum Gasteiger partial charge on any atom is 0.264 e. The van der Waals surface area contributed by atoms with E-state index in [-0.39, 0.29) is 43.1 Å². The van der Waals surface area contributed by atoms with Crippen molar-refractivity contribution in [1.29, 1.82) is 0 Å². The van der Waals surface area contributed by atoms with Gasteiger partial charge in [-0.1, -0.05) is 19.8 Å². The average Bonchev–Trinajstić information content (AvgIpc) is 2.64. The third kappa shape index (κ3) is 4.06. The molecule has 26 heavy (non-hydrogen) atoms. The zero-order valence-electron chi connectivity index (χ0n) is 15.4. The Kier molecular flexibility index (Phi) is 5.59. The SMILES string of the molecule is CC1CCCCC1NC(=O)CCC(=O)c1ccc2c(c1)N(C)C(=O)CO2. The first kappa shape index (κ1) is 18.4. The van der Waals surface area contributed by atoms with E-state index in [9.17, 15) is 14.4 Å². The van der Waals surface area contributed by atoms with Gasteiger partial charge in [0.25, 0.3) is 5.91 Å². The molecule has 1 aliphatic heterocycles. The Morgan fingerprint density at radius 2 is 2.00 bits per heavy atom. The van der Waals surface area contributed by atoms with Gasteiger partial charge in [-0.25, -0.2) is 0 Å². The lowest BCUT2D eigenvalue weighted by Crippen LogP contribution is -2.41. The van der Waals surface area contributed by atoms with Crippen LogP contribution in [0.1, 0.15) is 55.8 Å². The monoisotopic (exact) mass is 358 g/mol. The van der Waals surface area contributed by atoms with Crippen molar-refractivity contribution in [2.45, 2.75) is 51.5 Å². The van der Waals surface area contributed by atoms with Crippen LogP contribution in [-0.2, 0) is 9.59 Å². The van der Waals surface area contributed by atoms with E-state index in [1.54, 1.807) is 25.2 Å². The lowest BCUT2D eigenvalue weighted by atomic mass is 9.86. The molecule has 0 bridgehead atoms. The Balaban J connectivity index is 1.56. The number of carbonyl (C=O) groups is 3. The van der Waals surface area contributed by atoms with Crippen molar-refractivity contribution < 1.29 is 19.1 Å². The topological polar surface area (TPSA) is 75.7 Å². The second-order valence-electron chi connectivity index (χ2n) is 7.28. The summed E-state index contributed by atoms with van der Waals surface area (Å²) in [6, 6.07) is 5.28. The number of likely N-dealkylation sites (N-methyl/N-ethyl adjacent to an activating group) is 1.